The van der Waals surface area contributed by atoms with Gasteiger partial charge >= 0.3 is 0 Å². The highest BCUT2D eigenvalue weighted by Crippen LogP contribution is 2.32. The van der Waals surface area contributed by atoms with Crippen LogP contribution in [0.2, 0.25) is 0 Å². The molecule has 0 aromatic heterocycles. The second kappa shape index (κ2) is 4.48. The number of unbranched alkanes of at least 4 members (excludes halogenated alkanes) is 1. The number of halogens is 2. The molecular formula is C13H14BrF. The summed E-state index contributed by atoms with van der Waals surface area (Å²) < 4.78 is 14.3. The summed E-state index contributed by atoms with van der Waals surface area (Å²) in [5, 5.41) is 0. The highest BCUT2D eigenvalue weighted by molar-refractivity contribution is 9.10. The first-order valence-corrected chi connectivity index (χ1v) is 6.18. The van der Waals surface area contributed by atoms with E-state index in [0.29, 0.717) is 4.47 Å². The highest BCUT2D eigenvalue weighted by Gasteiger charge is 2.17. The van der Waals surface area contributed by atoms with Crippen LogP contribution in [-0.4, -0.2) is 0 Å². The molecule has 1 aromatic carbocycles. The Hall–Kier alpha value is -0.630. The Morgan fingerprint density at radius 1 is 1.40 bits per heavy atom. The van der Waals surface area contributed by atoms with Crippen molar-refractivity contribution in [2.24, 2.45) is 0 Å². The van der Waals surface area contributed by atoms with Crippen LogP contribution < -0.4 is 0 Å². The Morgan fingerprint density at radius 3 is 2.93 bits per heavy atom. The van der Waals surface area contributed by atoms with E-state index in [1.165, 1.54) is 18.4 Å². The van der Waals surface area contributed by atoms with E-state index in [4.69, 9.17) is 0 Å². The predicted octanol–water partition coefficient (Wildman–Crippen LogP) is 4.72. The molecule has 1 aromatic rings. The van der Waals surface area contributed by atoms with E-state index < -0.39 is 0 Å². The van der Waals surface area contributed by atoms with E-state index in [0.717, 1.165) is 24.0 Å². The Bertz CT molecular complexity index is 407. The third-order valence-electron chi connectivity index (χ3n) is 2.85. The lowest BCUT2D eigenvalue weighted by Crippen LogP contribution is -1.91. The third kappa shape index (κ3) is 2.15. The molecule has 0 amide bonds. The van der Waals surface area contributed by atoms with Crippen LogP contribution in [0.4, 0.5) is 4.39 Å². The fourth-order valence-electron chi connectivity index (χ4n) is 1.98. The van der Waals surface area contributed by atoms with Crippen LogP contribution in [0.25, 0.3) is 6.08 Å². The molecule has 0 fully saturated rings. The van der Waals surface area contributed by atoms with Crippen molar-refractivity contribution in [3.63, 3.8) is 0 Å². The Morgan fingerprint density at radius 2 is 2.20 bits per heavy atom. The smallest absolute Gasteiger partial charge is 0.141 e. The molecule has 15 heavy (non-hydrogen) atoms. The lowest BCUT2D eigenvalue weighted by molar-refractivity contribution is 0.606. The number of fused-ring (bicyclic) bond motifs is 1. The van der Waals surface area contributed by atoms with E-state index in [2.05, 4.69) is 28.9 Å². The number of rotatable bonds is 3. The molecular weight excluding hydrogens is 255 g/mol. The van der Waals surface area contributed by atoms with Crippen molar-refractivity contribution in [2.75, 3.05) is 0 Å². The Labute approximate surface area is 98.3 Å². The van der Waals surface area contributed by atoms with Crippen molar-refractivity contribution >= 4 is 22.0 Å². The summed E-state index contributed by atoms with van der Waals surface area (Å²) in [6, 6.07) is 3.77. The lowest BCUT2D eigenvalue weighted by Gasteiger charge is -2.03. The summed E-state index contributed by atoms with van der Waals surface area (Å²) >= 11 is 3.22. The number of hydrogen-bond acceptors (Lipinski definition) is 0. The maximum Gasteiger partial charge on any atom is 0.141 e. The minimum absolute atomic E-state index is 0.0877. The van der Waals surface area contributed by atoms with Crippen molar-refractivity contribution in [1.29, 1.82) is 0 Å². The fraction of sp³-hybridized carbons (Fsp3) is 0.385. The van der Waals surface area contributed by atoms with Gasteiger partial charge in [-0.3, -0.25) is 0 Å². The van der Waals surface area contributed by atoms with Gasteiger partial charge in [0.15, 0.2) is 0 Å². The maximum atomic E-state index is 13.7. The Kier molecular flexibility index (Phi) is 3.25. The van der Waals surface area contributed by atoms with Gasteiger partial charge in [-0.1, -0.05) is 31.1 Å². The first kappa shape index (κ1) is 10.9. The summed E-state index contributed by atoms with van der Waals surface area (Å²) in [5.74, 6) is -0.0877. The molecule has 0 aliphatic heterocycles. The fourth-order valence-corrected chi connectivity index (χ4v) is 2.36. The normalized spacial score (nSPS) is 13.9. The van der Waals surface area contributed by atoms with E-state index in [1.807, 2.05) is 6.07 Å². The van der Waals surface area contributed by atoms with Gasteiger partial charge in [-0.2, -0.15) is 0 Å². The van der Waals surface area contributed by atoms with Crippen LogP contribution in [0.5, 0.6) is 0 Å². The zero-order valence-corrected chi connectivity index (χ0v) is 10.4. The summed E-state index contributed by atoms with van der Waals surface area (Å²) in [4.78, 5) is 0. The minimum atomic E-state index is -0.0877. The summed E-state index contributed by atoms with van der Waals surface area (Å²) in [6.45, 7) is 2.18. The maximum absolute atomic E-state index is 13.7. The second-order valence-corrected chi connectivity index (χ2v) is 4.87. The molecule has 0 heterocycles. The molecule has 0 saturated heterocycles. The SMILES string of the molecule is CCCCC1=Cc2ccc(Br)c(F)c2C1. The molecule has 1 aliphatic carbocycles. The Balaban J connectivity index is 2.21. The zero-order valence-electron chi connectivity index (χ0n) is 8.82. The van der Waals surface area contributed by atoms with Gasteiger partial charge in [-0.15, -0.1) is 0 Å². The monoisotopic (exact) mass is 268 g/mol. The van der Waals surface area contributed by atoms with Crippen LogP contribution in [0.1, 0.15) is 37.3 Å². The van der Waals surface area contributed by atoms with Gasteiger partial charge in [0.05, 0.1) is 4.47 Å². The number of benzene rings is 1. The molecule has 0 radical (unpaired) electrons. The predicted molar refractivity (Wildman–Crippen MR) is 65.3 cm³/mol. The van der Waals surface area contributed by atoms with Crippen molar-refractivity contribution in [3.05, 3.63) is 39.1 Å². The molecule has 1 aliphatic rings. The summed E-state index contributed by atoms with van der Waals surface area (Å²) in [6.07, 6.45) is 6.42. The van der Waals surface area contributed by atoms with Crippen LogP contribution in [0.3, 0.4) is 0 Å². The molecule has 80 valence electrons. The van der Waals surface area contributed by atoms with Crippen LogP contribution in [-0.2, 0) is 6.42 Å². The molecule has 0 unspecified atom stereocenters. The molecule has 0 N–H and O–H groups in total. The highest BCUT2D eigenvalue weighted by atomic mass is 79.9. The molecule has 0 saturated carbocycles. The molecule has 0 spiro atoms. The third-order valence-corrected chi connectivity index (χ3v) is 3.46. The first-order chi connectivity index (χ1) is 7.22. The average Bonchev–Trinajstić information content (AvgIpc) is 2.64. The van der Waals surface area contributed by atoms with Crippen molar-refractivity contribution in [1.82, 2.24) is 0 Å². The van der Waals surface area contributed by atoms with Gasteiger partial charge in [0, 0.05) is 5.56 Å². The van der Waals surface area contributed by atoms with Gasteiger partial charge in [0.25, 0.3) is 0 Å². The van der Waals surface area contributed by atoms with Gasteiger partial charge in [0.2, 0.25) is 0 Å². The second-order valence-electron chi connectivity index (χ2n) is 4.01. The van der Waals surface area contributed by atoms with Crippen LogP contribution >= 0.6 is 15.9 Å². The summed E-state index contributed by atoms with van der Waals surface area (Å²) in [7, 11) is 0. The van der Waals surface area contributed by atoms with Gasteiger partial charge in [0.1, 0.15) is 5.82 Å². The molecule has 0 bridgehead atoms. The van der Waals surface area contributed by atoms with E-state index >= 15 is 0 Å². The zero-order chi connectivity index (χ0) is 10.8. The van der Waals surface area contributed by atoms with Crippen molar-refractivity contribution in [2.45, 2.75) is 32.6 Å². The average molecular weight is 269 g/mol. The van der Waals surface area contributed by atoms with Crippen LogP contribution in [0, 0.1) is 5.82 Å². The number of hydrogen-bond donors (Lipinski definition) is 0. The molecule has 0 atom stereocenters. The van der Waals surface area contributed by atoms with Gasteiger partial charge in [-0.25, -0.2) is 4.39 Å². The standard InChI is InChI=1S/C13H14BrF/c1-2-3-4-9-7-10-5-6-12(14)13(15)11(10)8-9/h5-7H,2-4,8H2,1H3. The molecule has 2 rings (SSSR count). The van der Waals surface area contributed by atoms with E-state index in [-0.39, 0.29) is 5.82 Å². The molecule has 2 heteroatoms. The van der Waals surface area contributed by atoms with Gasteiger partial charge in [-0.05, 0) is 46.8 Å². The van der Waals surface area contributed by atoms with Crippen LogP contribution in [0.15, 0.2) is 22.2 Å². The largest absolute Gasteiger partial charge is 0.205 e. The van der Waals surface area contributed by atoms with Gasteiger partial charge < -0.3 is 0 Å². The molecule has 0 nitrogen and oxygen atoms in total. The van der Waals surface area contributed by atoms with Crippen molar-refractivity contribution in [3.8, 4) is 0 Å². The minimum Gasteiger partial charge on any atom is -0.205 e. The summed E-state index contributed by atoms with van der Waals surface area (Å²) in [5.41, 5.74) is 3.28. The quantitative estimate of drug-likeness (QED) is 0.744. The lowest BCUT2D eigenvalue weighted by atomic mass is 10.1. The first-order valence-electron chi connectivity index (χ1n) is 5.38. The van der Waals surface area contributed by atoms with E-state index in [9.17, 15) is 4.39 Å². The van der Waals surface area contributed by atoms with Crippen molar-refractivity contribution < 1.29 is 4.39 Å². The number of allylic oxidation sites excluding steroid dienone is 1. The topological polar surface area (TPSA) is 0 Å². The van der Waals surface area contributed by atoms with E-state index in [1.54, 1.807) is 6.07 Å².